The van der Waals surface area contributed by atoms with E-state index < -0.39 is 0 Å². The fourth-order valence-electron chi connectivity index (χ4n) is 2.57. The molecule has 20 heavy (non-hydrogen) atoms. The highest BCUT2D eigenvalue weighted by molar-refractivity contribution is 5.85. The van der Waals surface area contributed by atoms with Gasteiger partial charge in [0.1, 0.15) is 0 Å². The van der Waals surface area contributed by atoms with Crippen molar-refractivity contribution in [2.24, 2.45) is 4.99 Å². The van der Waals surface area contributed by atoms with Crippen LogP contribution in [0.5, 0.6) is 0 Å². The van der Waals surface area contributed by atoms with E-state index in [1.54, 1.807) is 0 Å². The predicted octanol–water partition coefficient (Wildman–Crippen LogP) is 5.34. The molecule has 0 aliphatic heterocycles. The van der Waals surface area contributed by atoms with Crippen molar-refractivity contribution in [3.05, 3.63) is 64.7 Å². The van der Waals surface area contributed by atoms with Crippen LogP contribution >= 0.6 is 0 Å². The third-order valence-electron chi connectivity index (χ3n) is 3.56. The SMILES string of the molecule is CC(CCc1ccccc1)=Nc1c(C)cc(C)cc1C. The summed E-state index contributed by atoms with van der Waals surface area (Å²) in [5, 5.41) is 0. The molecular formula is C19H23N. The van der Waals surface area contributed by atoms with E-state index >= 15 is 0 Å². The third-order valence-corrected chi connectivity index (χ3v) is 3.56. The fourth-order valence-corrected chi connectivity index (χ4v) is 2.57. The minimum Gasteiger partial charge on any atom is -0.258 e. The summed E-state index contributed by atoms with van der Waals surface area (Å²) in [5.74, 6) is 0. The van der Waals surface area contributed by atoms with Crippen LogP contribution in [0.25, 0.3) is 0 Å². The zero-order valence-electron chi connectivity index (χ0n) is 12.9. The summed E-state index contributed by atoms with van der Waals surface area (Å²) in [6, 6.07) is 15.0. The lowest BCUT2D eigenvalue weighted by atomic mass is 10.0. The van der Waals surface area contributed by atoms with Crippen molar-refractivity contribution in [1.82, 2.24) is 0 Å². The van der Waals surface area contributed by atoms with Gasteiger partial charge in [-0.2, -0.15) is 0 Å². The van der Waals surface area contributed by atoms with E-state index in [1.165, 1.54) is 28.0 Å². The van der Waals surface area contributed by atoms with Gasteiger partial charge in [-0.25, -0.2) is 0 Å². The van der Waals surface area contributed by atoms with E-state index in [4.69, 9.17) is 4.99 Å². The first-order valence-corrected chi connectivity index (χ1v) is 7.22. The second-order valence-corrected chi connectivity index (χ2v) is 5.58. The second kappa shape index (κ2) is 6.51. The minimum absolute atomic E-state index is 1.01. The molecule has 0 unspecified atom stereocenters. The maximum Gasteiger partial charge on any atom is 0.0687 e. The lowest BCUT2D eigenvalue weighted by Crippen LogP contribution is -1.96. The molecule has 0 radical (unpaired) electrons. The molecule has 0 spiro atoms. The van der Waals surface area contributed by atoms with Crippen molar-refractivity contribution in [2.45, 2.75) is 40.5 Å². The first-order valence-electron chi connectivity index (χ1n) is 7.22. The Hall–Kier alpha value is -1.89. The third kappa shape index (κ3) is 3.80. The zero-order valence-corrected chi connectivity index (χ0v) is 12.9. The Morgan fingerprint density at radius 3 is 2.15 bits per heavy atom. The highest BCUT2D eigenvalue weighted by Crippen LogP contribution is 2.25. The molecule has 2 rings (SSSR count). The van der Waals surface area contributed by atoms with E-state index in [0.29, 0.717) is 0 Å². The molecule has 0 bridgehead atoms. The molecule has 0 fully saturated rings. The van der Waals surface area contributed by atoms with Gasteiger partial charge in [0.15, 0.2) is 0 Å². The second-order valence-electron chi connectivity index (χ2n) is 5.58. The van der Waals surface area contributed by atoms with Crippen molar-refractivity contribution < 1.29 is 0 Å². The standard InChI is InChI=1S/C19H23N/c1-14-12-15(2)19(16(3)13-14)20-17(4)10-11-18-8-6-5-7-9-18/h5-9,12-13H,10-11H2,1-4H3. The molecule has 0 amide bonds. The van der Waals surface area contributed by atoms with Crippen molar-refractivity contribution in [3.63, 3.8) is 0 Å². The van der Waals surface area contributed by atoms with E-state index in [0.717, 1.165) is 18.5 Å². The van der Waals surface area contributed by atoms with Gasteiger partial charge in [0.25, 0.3) is 0 Å². The highest BCUT2D eigenvalue weighted by Gasteiger charge is 2.03. The van der Waals surface area contributed by atoms with Crippen molar-refractivity contribution in [2.75, 3.05) is 0 Å². The molecule has 0 aromatic heterocycles. The average molecular weight is 265 g/mol. The minimum atomic E-state index is 1.01. The van der Waals surface area contributed by atoms with Gasteiger partial charge in [0.2, 0.25) is 0 Å². The van der Waals surface area contributed by atoms with E-state index in [-0.39, 0.29) is 0 Å². The van der Waals surface area contributed by atoms with Gasteiger partial charge in [-0.1, -0.05) is 48.0 Å². The van der Waals surface area contributed by atoms with Crippen molar-refractivity contribution >= 4 is 11.4 Å². The predicted molar refractivity (Wildman–Crippen MR) is 88.2 cm³/mol. The van der Waals surface area contributed by atoms with Gasteiger partial charge in [-0.15, -0.1) is 0 Å². The largest absolute Gasteiger partial charge is 0.258 e. The Balaban J connectivity index is 2.11. The Bertz CT molecular complexity index is 586. The maximum absolute atomic E-state index is 4.83. The molecule has 1 nitrogen and oxygen atoms in total. The molecule has 104 valence electrons. The van der Waals surface area contributed by atoms with Crippen LogP contribution < -0.4 is 0 Å². The van der Waals surface area contributed by atoms with Crippen molar-refractivity contribution in [1.29, 1.82) is 0 Å². The van der Waals surface area contributed by atoms with Crippen LogP contribution in [-0.4, -0.2) is 5.71 Å². The Kier molecular flexibility index (Phi) is 4.73. The van der Waals surface area contributed by atoms with E-state index in [2.05, 4.69) is 70.2 Å². The van der Waals surface area contributed by atoms with Gasteiger partial charge in [-0.3, -0.25) is 4.99 Å². The number of hydrogen-bond donors (Lipinski definition) is 0. The lowest BCUT2D eigenvalue weighted by molar-refractivity contribution is 1.03. The summed E-state index contributed by atoms with van der Waals surface area (Å²) in [4.78, 5) is 4.83. The molecular weight excluding hydrogens is 242 g/mol. The van der Waals surface area contributed by atoms with Crippen molar-refractivity contribution in [3.8, 4) is 0 Å². The zero-order chi connectivity index (χ0) is 14.5. The Morgan fingerprint density at radius 1 is 0.950 bits per heavy atom. The molecule has 0 saturated heterocycles. The summed E-state index contributed by atoms with van der Waals surface area (Å²) < 4.78 is 0. The van der Waals surface area contributed by atoms with Crippen LogP contribution in [0.15, 0.2) is 47.5 Å². The lowest BCUT2D eigenvalue weighted by Gasteiger charge is -2.08. The fraction of sp³-hybridized carbons (Fsp3) is 0.316. The monoisotopic (exact) mass is 265 g/mol. The van der Waals surface area contributed by atoms with Crippen LogP contribution in [0.3, 0.4) is 0 Å². The normalized spacial score (nSPS) is 11.7. The topological polar surface area (TPSA) is 12.4 Å². The molecule has 2 aromatic rings. The summed E-state index contributed by atoms with van der Waals surface area (Å²) >= 11 is 0. The van der Waals surface area contributed by atoms with E-state index in [9.17, 15) is 0 Å². The molecule has 2 aromatic carbocycles. The average Bonchev–Trinajstić information content (AvgIpc) is 2.42. The van der Waals surface area contributed by atoms with Gasteiger partial charge in [0.05, 0.1) is 5.69 Å². The smallest absolute Gasteiger partial charge is 0.0687 e. The summed E-state index contributed by atoms with van der Waals surface area (Å²) in [5.41, 5.74) is 7.55. The molecule has 0 atom stereocenters. The molecule has 0 aliphatic rings. The van der Waals surface area contributed by atoms with E-state index in [1.807, 2.05) is 0 Å². The summed E-state index contributed by atoms with van der Waals surface area (Å²) in [6.07, 6.45) is 2.07. The molecule has 0 N–H and O–H groups in total. The number of aliphatic imine (C=N–C) groups is 1. The summed E-state index contributed by atoms with van der Waals surface area (Å²) in [6.45, 7) is 8.55. The summed E-state index contributed by atoms with van der Waals surface area (Å²) in [7, 11) is 0. The van der Waals surface area contributed by atoms with Crippen LogP contribution in [0.2, 0.25) is 0 Å². The van der Waals surface area contributed by atoms with Gasteiger partial charge < -0.3 is 0 Å². The molecule has 0 heterocycles. The van der Waals surface area contributed by atoms with Crippen LogP contribution in [0, 0.1) is 20.8 Å². The molecule has 0 saturated carbocycles. The molecule has 1 heteroatoms. The molecule has 0 aliphatic carbocycles. The number of aryl methyl sites for hydroxylation is 4. The Morgan fingerprint density at radius 2 is 1.55 bits per heavy atom. The number of benzene rings is 2. The Labute approximate surface area is 122 Å². The first kappa shape index (κ1) is 14.5. The number of rotatable bonds is 4. The van der Waals surface area contributed by atoms with Gasteiger partial charge in [-0.05, 0) is 57.2 Å². The quantitative estimate of drug-likeness (QED) is 0.662. The highest BCUT2D eigenvalue weighted by atomic mass is 14.7. The van der Waals surface area contributed by atoms with Crippen LogP contribution in [-0.2, 0) is 6.42 Å². The van der Waals surface area contributed by atoms with Gasteiger partial charge in [0, 0.05) is 5.71 Å². The van der Waals surface area contributed by atoms with Gasteiger partial charge >= 0.3 is 0 Å². The first-order chi connectivity index (χ1) is 9.56. The maximum atomic E-state index is 4.83. The number of hydrogen-bond acceptors (Lipinski definition) is 1. The number of nitrogens with zero attached hydrogens (tertiary/aromatic N) is 1. The van der Waals surface area contributed by atoms with Crippen LogP contribution in [0.1, 0.15) is 35.6 Å². The van der Waals surface area contributed by atoms with Crippen LogP contribution in [0.4, 0.5) is 5.69 Å².